The van der Waals surface area contributed by atoms with Gasteiger partial charge in [0.05, 0.1) is 5.52 Å². The lowest BCUT2D eigenvalue weighted by Crippen LogP contribution is -2.16. The molecule has 0 bridgehead atoms. The molecule has 114 valence electrons. The van der Waals surface area contributed by atoms with E-state index in [4.69, 9.17) is 11.6 Å². The smallest absolute Gasteiger partial charge is 0.406 e. The minimum atomic E-state index is -4.71. The summed E-state index contributed by atoms with van der Waals surface area (Å²) in [6.45, 7) is 1.72. The summed E-state index contributed by atoms with van der Waals surface area (Å²) in [4.78, 5) is 11.3. The fraction of sp³-hybridized carbons (Fsp3) is 0.143. The van der Waals surface area contributed by atoms with Gasteiger partial charge in [0, 0.05) is 5.69 Å². The number of nitrogens with zero attached hydrogens (tertiary/aromatic N) is 2. The Morgan fingerprint density at radius 3 is 2.45 bits per heavy atom. The SMILES string of the molecule is Cc1nc(Cl)c2[nH]c(-c3ccc(OC(F)(F)F)cc3)cc2n1. The molecule has 0 unspecified atom stereocenters. The summed E-state index contributed by atoms with van der Waals surface area (Å²) < 4.78 is 40.2. The number of benzene rings is 1. The van der Waals surface area contributed by atoms with Crippen molar-refractivity contribution in [2.45, 2.75) is 13.3 Å². The number of alkyl halides is 3. The van der Waals surface area contributed by atoms with Gasteiger partial charge in [0.15, 0.2) is 5.15 Å². The summed E-state index contributed by atoms with van der Waals surface area (Å²) >= 11 is 6.03. The minimum Gasteiger partial charge on any atom is -0.406 e. The zero-order chi connectivity index (χ0) is 15.9. The Balaban J connectivity index is 1.96. The standard InChI is InChI=1S/C14H9ClF3N3O/c1-7-19-11-6-10(21-12(11)13(15)20-7)8-2-4-9(5-3-8)22-14(16,17)18/h2-6,21H,1H3. The average Bonchev–Trinajstić information content (AvgIpc) is 2.81. The number of aromatic nitrogens is 3. The molecule has 1 N–H and O–H groups in total. The van der Waals surface area contributed by atoms with Gasteiger partial charge in [-0.15, -0.1) is 13.2 Å². The van der Waals surface area contributed by atoms with Gasteiger partial charge in [-0.3, -0.25) is 0 Å². The summed E-state index contributed by atoms with van der Waals surface area (Å²) in [6, 6.07) is 7.27. The Kier molecular flexibility index (Phi) is 3.44. The second kappa shape index (κ2) is 5.17. The summed E-state index contributed by atoms with van der Waals surface area (Å²) in [5.41, 5.74) is 2.58. The number of fused-ring (bicyclic) bond motifs is 1. The quantitative estimate of drug-likeness (QED) is 0.706. The molecule has 0 saturated carbocycles. The van der Waals surface area contributed by atoms with Crippen molar-refractivity contribution in [3.8, 4) is 17.0 Å². The lowest BCUT2D eigenvalue weighted by Gasteiger charge is -2.08. The highest BCUT2D eigenvalue weighted by molar-refractivity contribution is 6.33. The van der Waals surface area contributed by atoms with Crippen LogP contribution in [0.25, 0.3) is 22.3 Å². The molecule has 0 radical (unpaired) electrons. The lowest BCUT2D eigenvalue weighted by molar-refractivity contribution is -0.274. The van der Waals surface area contributed by atoms with Gasteiger partial charge in [-0.1, -0.05) is 11.6 Å². The maximum Gasteiger partial charge on any atom is 0.573 e. The predicted molar refractivity (Wildman–Crippen MR) is 75.8 cm³/mol. The molecule has 0 aliphatic rings. The van der Waals surface area contributed by atoms with Crippen LogP contribution in [0.2, 0.25) is 5.15 Å². The fourth-order valence-corrected chi connectivity index (χ4v) is 2.34. The van der Waals surface area contributed by atoms with E-state index in [1.165, 1.54) is 24.3 Å². The first-order chi connectivity index (χ1) is 10.3. The molecule has 0 saturated heterocycles. The molecule has 3 rings (SSSR count). The maximum atomic E-state index is 12.1. The topological polar surface area (TPSA) is 50.8 Å². The number of aromatic amines is 1. The number of hydrogen-bond acceptors (Lipinski definition) is 3. The zero-order valence-electron chi connectivity index (χ0n) is 11.2. The first-order valence-corrected chi connectivity index (χ1v) is 6.59. The molecule has 8 heteroatoms. The van der Waals surface area contributed by atoms with Crippen molar-refractivity contribution in [2.24, 2.45) is 0 Å². The Morgan fingerprint density at radius 2 is 1.82 bits per heavy atom. The largest absolute Gasteiger partial charge is 0.573 e. The van der Waals surface area contributed by atoms with E-state index in [0.29, 0.717) is 33.3 Å². The van der Waals surface area contributed by atoms with Crippen LogP contribution in [0.5, 0.6) is 5.75 Å². The molecule has 22 heavy (non-hydrogen) atoms. The third kappa shape index (κ3) is 2.99. The van der Waals surface area contributed by atoms with Crippen LogP contribution >= 0.6 is 11.6 Å². The van der Waals surface area contributed by atoms with E-state index in [2.05, 4.69) is 19.7 Å². The fourth-order valence-electron chi connectivity index (χ4n) is 2.08. The number of nitrogens with one attached hydrogen (secondary N) is 1. The summed E-state index contributed by atoms with van der Waals surface area (Å²) in [7, 11) is 0. The normalized spacial score (nSPS) is 11.9. The van der Waals surface area contributed by atoms with E-state index in [9.17, 15) is 13.2 Å². The third-order valence-electron chi connectivity index (χ3n) is 2.94. The number of halogens is 4. The Labute approximate surface area is 127 Å². The molecule has 4 nitrogen and oxygen atoms in total. The van der Waals surface area contributed by atoms with Crippen LogP contribution in [0.3, 0.4) is 0 Å². The molecular weight excluding hydrogens is 319 g/mol. The molecule has 0 aliphatic heterocycles. The van der Waals surface area contributed by atoms with Crippen LogP contribution in [0.15, 0.2) is 30.3 Å². The first kappa shape index (κ1) is 14.6. The van der Waals surface area contributed by atoms with E-state index < -0.39 is 6.36 Å². The number of rotatable bonds is 2. The van der Waals surface area contributed by atoms with E-state index in [1.807, 2.05) is 0 Å². The van der Waals surface area contributed by atoms with Crippen molar-refractivity contribution in [1.82, 2.24) is 15.0 Å². The molecule has 0 amide bonds. The Hall–Kier alpha value is -2.28. The van der Waals surface area contributed by atoms with Crippen molar-refractivity contribution in [1.29, 1.82) is 0 Å². The highest BCUT2D eigenvalue weighted by atomic mass is 35.5. The molecule has 0 aliphatic carbocycles. The number of hydrogen-bond donors (Lipinski definition) is 1. The molecule has 0 atom stereocenters. The minimum absolute atomic E-state index is 0.277. The summed E-state index contributed by atoms with van der Waals surface area (Å²) in [6.07, 6.45) is -4.71. The van der Waals surface area contributed by atoms with Crippen molar-refractivity contribution in [3.05, 3.63) is 41.3 Å². The molecule has 0 spiro atoms. The number of H-pyrrole nitrogens is 1. The monoisotopic (exact) mass is 327 g/mol. The highest BCUT2D eigenvalue weighted by Gasteiger charge is 2.30. The van der Waals surface area contributed by atoms with Gasteiger partial charge in [-0.2, -0.15) is 0 Å². The molecule has 3 aromatic rings. The first-order valence-electron chi connectivity index (χ1n) is 6.21. The van der Waals surface area contributed by atoms with Gasteiger partial charge >= 0.3 is 6.36 Å². The number of ether oxygens (including phenoxy) is 1. The third-order valence-corrected chi connectivity index (χ3v) is 3.22. The van der Waals surface area contributed by atoms with Crippen LogP contribution in [0.1, 0.15) is 5.82 Å². The Morgan fingerprint density at radius 1 is 1.14 bits per heavy atom. The van der Waals surface area contributed by atoms with Crippen LogP contribution in [-0.4, -0.2) is 21.3 Å². The molecule has 1 aromatic carbocycles. The lowest BCUT2D eigenvalue weighted by atomic mass is 10.1. The van der Waals surface area contributed by atoms with E-state index in [0.717, 1.165) is 0 Å². The van der Waals surface area contributed by atoms with Crippen molar-refractivity contribution < 1.29 is 17.9 Å². The summed E-state index contributed by atoms with van der Waals surface area (Å²) in [5, 5.41) is 0.297. The van der Waals surface area contributed by atoms with Gasteiger partial charge in [-0.05, 0) is 42.8 Å². The second-order valence-electron chi connectivity index (χ2n) is 4.58. The van der Waals surface area contributed by atoms with Gasteiger partial charge in [-0.25, -0.2) is 9.97 Å². The average molecular weight is 328 g/mol. The van der Waals surface area contributed by atoms with Crippen molar-refractivity contribution >= 4 is 22.6 Å². The summed E-state index contributed by atoms with van der Waals surface area (Å²) in [5.74, 6) is 0.262. The van der Waals surface area contributed by atoms with Crippen molar-refractivity contribution in [3.63, 3.8) is 0 Å². The van der Waals surface area contributed by atoms with Gasteiger partial charge in [0.2, 0.25) is 0 Å². The van der Waals surface area contributed by atoms with Crippen molar-refractivity contribution in [2.75, 3.05) is 0 Å². The van der Waals surface area contributed by atoms with Gasteiger partial charge in [0.1, 0.15) is 17.1 Å². The highest BCUT2D eigenvalue weighted by Crippen LogP contribution is 2.29. The molecular formula is C14H9ClF3N3O. The van der Waals surface area contributed by atoms with Crippen LogP contribution in [0.4, 0.5) is 13.2 Å². The number of aryl methyl sites for hydroxylation is 1. The molecule has 0 fully saturated rings. The second-order valence-corrected chi connectivity index (χ2v) is 4.94. The molecule has 2 aromatic heterocycles. The maximum absolute atomic E-state index is 12.1. The molecule has 2 heterocycles. The van der Waals surface area contributed by atoms with Crippen LogP contribution in [-0.2, 0) is 0 Å². The van der Waals surface area contributed by atoms with E-state index in [1.54, 1.807) is 13.0 Å². The van der Waals surface area contributed by atoms with Crippen LogP contribution < -0.4 is 4.74 Å². The van der Waals surface area contributed by atoms with E-state index >= 15 is 0 Å². The van der Waals surface area contributed by atoms with E-state index in [-0.39, 0.29) is 5.75 Å². The van der Waals surface area contributed by atoms with Gasteiger partial charge < -0.3 is 9.72 Å². The predicted octanol–water partition coefficient (Wildman–Crippen LogP) is 4.49. The van der Waals surface area contributed by atoms with Gasteiger partial charge in [0.25, 0.3) is 0 Å². The van der Waals surface area contributed by atoms with Crippen LogP contribution in [0, 0.1) is 6.92 Å². The Bertz CT molecular complexity index is 828. The zero-order valence-corrected chi connectivity index (χ0v) is 12.0.